The molecule has 3 aromatic carbocycles. The Balaban J connectivity index is 1.47. The van der Waals surface area contributed by atoms with Crippen LogP contribution in [0.3, 0.4) is 0 Å². The van der Waals surface area contributed by atoms with Crippen molar-refractivity contribution < 1.29 is 18.9 Å². The number of unbranched alkanes of at least 4 members (excludes halogenated alkanes) is 1. The lowest BCUT2D eigenvalue weighted by Gasteiger charge is -2.19. The van der Waals surface area contributed by atoms with Crippen LogP contribution < -0.4 is 18.9 Å². The van der Waals surface area contributed by atoms with E-state index in [1.54, 1.807) is 0 Å². The van der Waals surface area contributed by atoms with Crippen LogP contribution in [0.1, 0.15) is 78.7 Å². The molecule has 0 saturated carbocycles. The highest BCUT2D eigenvalue weighted by Crippen LogP contribution is 2.39. The van der Waals surface area contributed by atoms with E-state index in [0.29, 0.717) is 26.4 Å². The number of halogens is 1. The molecule has 10 heteroatoms. The molecule has 0 atom stereocenters. The number of aryl methyl sites for hydroxylation is 1. The highest BCUT2D eigenvalue weighted by atomic mass is 35.5. The molecule has 1 aliphatic rings. The first-order chi connectivity index (χ1) is 27.0. The Kier molecular flexibility index (Phi) is 17.8. The van der Waals surface area contributed by atoms with E-state index < -0.39 is 0 Å². The summed E-state index contributed by atoms with van der Waals surface area (Å²) in [5.41, 5.74) is 4.02. The average molecular weight is 777 g/mol. The van der Waals surface area contributed by atoms with Gasteiger partial charge in [-0.25, -0.2) is 4.98 Å². The van der Waals surface area contributed by atoms with Gasteiger partial charge >= 0.3 is 0 Å². The second-order valence-electron chi connectivity index (χ2n) is 14.5. The molecule has 0 amide bonds. The molecule has 55 heavy (non-hydrogen) atoms. The fraction of sp³-hybridized carbons (Fsp3) is 0.578. The predicted octanol–water partition coefficient (Wildman–Crippen LogP) is 9.47. The third-order valence-electron chi connectivity index (χ3n) is 10.7. The van der Waals surface area contributed by atoms with Gasteiger partial charge in [-0.2, -0.15) is 0 Å². The third kappa shape index (κ3) is 12.8. The van der Waals surface area contributed by atoms with Crippen molar-refractivity contribution in [2.24, 2.45) is 0 Å². The largest absolute Gasteiger partial charge is 0.493 e. The lowest BCUT2D eigenvalue weighted by molar-refractivity contribution is 0.234. The van der Waals surface area contributed by atoms with Crippen LogP contribution >= 0.6 is 11.6 Å². The molecule has 0 unspecified atom stereocenters. The minimum atomic E-state index is 0.549. The van der Waals surface area contributed by atoms with E-state index in [1.165, 1.54) is 18.4 Å². The van der Waals surface area contributed by atoms with Crippen molar-refractivity contribution in [1.82, 2.24) is 24.3 Å². The molecule has 0 spiro atoms. The number of hydrogen-bond donors (Lipinski definition) is 0. The van der Waals surface area contributed by atoms with Crippen LogP contribution in [0.5, 0.6) is 23.0 Å². The average Bonchev–Trinajstić information content (AvgIpc) is 3.86. The van der Waals surface area contributed by atoms with Gasteiger partial charge in [0.25, 0.3) is 0 Å². The molecule has 4 aromatic rings. The Morgan fingerprint density at radius 1 is 0.655 bits per heavy atom. The van der Waals surface area contributed by atoms with Crippen LogP contribution in [0.2, 0.25) is 5.02 Å². The molecule has 1 aliphatic heterocycles. The lowest BCUT2D eigenvalue weighted by Crippen LogP contribution is -2.25. The van der Waals surface area contributed by atoms with Crippen molar-refractivity contribution in [2.45, 2.75) is 86.1 Å². The minimum Gasteiger partial charge on any atom is -0.493 e. The molecule has 1 aromatic heterocycles. The summed E-state index contributed by atoms with van der Waals surface area (Å²) in [6.45, 7) is 23.7. The molecule has 0 radical (unpaired) electrons. The number of aromatic nitrogens is 2. The van der Waals surface area contributed by atoms with Gasteiger partial charge < -0.3 is 33.3 Å². The number of rotatable bonds is 26. The molecule has 9 nitrogen and oxygen atoms in total. The van der Waals surface area contributed by atoms with E-state index in [0.717, 1.165) is 148 Å². The molecular formula is C45H66ClN5O4. The molecule has 5 rings (SSSR count). The quantitative estimate of drug-likeness (QED) is 0.0585. The Morgan fingerprint density at radius 3 is 1.95 bits per heavy atom. The normalized spacial score (nSPS) is 13.4. The number of nitrogens with zero attached hydrogens (tertiary/aromatic N) is 5. The first-order valence-corrected chi connectivity index (χ1v) is 21.4. The third-order valence-corrected chi connectivity index (χ3v) is 11.0. The van der Waals surface area contributed by atoms with Crippen molar-refractivity contribution in [1.29, 1.82) is 0 Å². The van der Waals surface area contributed by atoms with Crippen molar-refractivity contribution in [3.8, 4) is 34.4 Å². The molecule has 2 heterocycles. The Labute approximate surface area is 335 Å². The van der Waals surface area contributed by atoms with E-state index in [9.17, 15) is 0 Å². The SMILES string of the molecule is CCCCn1c(-c2ccc(OCCc3ccc(Cl)cc3)cc2OCCCN(CC)CC)nc2c(OCCCN(CC)CC)cc(OCCN3CCCC3)cc21. The zero-order chi connectivity index (χ0) is 38.8. The van der Waals surface area contributed by atoms with Gasteiger partial charge in [0.2, 0.25) is 0 Å². The summed E-state index contributed by atoms with van der Waals surface area (Å²) in [5.74, 6) is 4.02. The minimum absolute atomic E-state index is 0.549. The van der Waals surface area contributed by atoms with E-state index in [-0.39, 0.29) is 0 Å². The maximum atomic E-state index is 6.64. The first-order valence-electron chi connectivity index (χ1n) is 21.1. The molecule has 302 valence electrons. The summed E-state index contributed by atoms with van der Waals surface area (Å²) in [4.78, 5) is 12.7. The number of hydrogen-bond acceptors (Lipinski definition) is 8. The topological polar surface area (TPSA) is 64.5 Å². The van der Waals surface area contributed by atoms with E-state index in [4.69, 9.17) is 35.5 Å². The zero-order valence-electron chi connectivity index (χ0n) is 34.3. The van der Waals surface area contributed by atoms with Crippen LogP contribution in [-0.2, 0) is 13.0 Å². The second-order valence-corrected chi connectivity index (χ2v) is 14.9. The predicted molar refractivity (Wildman–Crippen MR) is 228 cm³/mol. The molecule has 1 saturated heterocycles. The van der Waals surface area contributed by atoms with Crippen LogP contribution in [0.25, 0.3) is 22.4 Å². The molecule has 1 fully saturated rings. The summed E-state index contributed by atoms with van der Waals surface area (Å²) in [7, 11) is 0. The highest BCUT2D eigenvalue weighted by molar-refractivity contribution is 6.30. The fourth-order valence-corrected chi connectivity index (χ4v) is 7.39. The number of imidazole rings is 1. The monoisotopic (exact) mass is 775 g/mol. The van der Waals surface area contributed by atoms with Crippen LogP contribution in [-0.4, -0.2) is 110 Å². The maximum Gasteiger partial charge on any atom is 0.150 e. The lowest BCUT2D eigenvalue weighted by atomic mass is 10.1. The Morgan fingerprint density at radius 2 is 1.29 bits per heavy atom. The second kappa shape index (κ2) is 22.9. The highest BCUT2D eigenvalue weighted by Gasteiger charge is 2.22. The van der Waals surface area contributed by atoms with Gasteiger partial charge in [-0.3, -0.25) is 4.90 Å². The first kappa shape index (κ1) is 42.6. The molecule has 0 bridgehead atoms. The number of ether oxygens (including phenoxy) is 4. The molecule has 0 N–H and O–H groups in total. The van der Waals surface area contributed by atoms with Gasteiger partial charge in [0.05, 0.1) is 30.9 Å². The van der Waals surface area contributed by atoms with Crippen molar-refractivity contribution in [3.05, 3.63) is 65.2 Å². The van der Waals surface area contributed by atoms with Gasteiger partial charge in [-0.1, -0.05) is 64.8 Å². The van der Waals surface area contributed by atoms with Crippen LogP contribution in [0.4, 0.5) is 0 Å². The zero-order valence-corrected chi connectivity index (χ0v) is 35.0. The number of fused-ring (bicyclic) bond motifs is 1. The Hall–Kier alpha value is -3.50. The van der Waals surface area contributed by atoms with Gasteiger partial charge in [-0.15, -0.1) is 0 Å². The Bertz CT molecular complexity index is 1700. The summed E-state index contributed by atoms with van der Waals surface area (Å²) in [6, 6.07) is 18.3. The number of likely N-dealkylation sites (tertiary alicyclic amines) is 1. The van der Waals surface area contributed by atoms with Crippen LogP contribution in [0.15, 0.2) is 54.6 Å². The van der Waals surface area contributed by atoms with Gasteiger partial charge in [-0.05, 0) is 101 Å². The summed E-state index contributed by atoms with van der Waals surface area (Å²) in [6.07, 6.45) is 7.28. The summed E-state index contributed by atoms with van der Waals surface area (Å²) in [5, 5.41) is 0.739. The molecular weight excluding hydrogens is 710 g/mol. The van der Waals surface area contributed by atoms with E-state index in [1.807, 2.05) is 42.5 Å². The standard InChI is InChI=1S/C45H66ClN5O4/c1-6-11-27-51-41-33-39(53-32-28-50-23-12-13-24-50)35-43(55-30-15-26-49(9-4)10-5)44(41)47-45(51)40-21-20-38(52-31-22-36-16-18-37(46)19-17-36)34-42(40)54-29-14-25-48(7-2)8-3/h16-21,33-35H,6-15,22-32H2,1-5H3. The van der Waals surface area contributed by atoms with Gasteiger partial charge in [0.1, 0.15) is 35.2 Å². The summed E-state index contributed by atoms with van der Waals surface area (Å²) < 4.78 is 28.4. The summed E-state index contributed by atoms with van der Waals surface area (Å²) >= 11 is 6.11. The van der Waals surface area contributed by atoms with Gasteiger partial charge in [0, 0.05) is 55.8 Å². The van der Waals surface area contributed by atoms with Crippen LogP contribution in [0, 0.1) is 0 Å². The number of benzene rings is 3. The fourth-order valence-electron chi connectivity index (χ4n) is 7.26. The van der Waals surface area contributed by atoms with Crippen molar-refractivity contribution in [2.75, 3.05) is 85.3 Å². The van der Waals surface area contributed by atoms with Crippen molar-refractivity contribution in [3.63, 3.8) is 0 Å². The molecule has 0 aliphatic carbocycles. The van der Waals surface area contributed by atoms with E-state index >= 15 is 0 Å². The van der Waals surface area contributed by atoms with E-state index in [2.05, 4.69) is 66.0 Å². The maximum absolute atomic E-state index is 6.64. The van der Waals surface area contributed by atoms with Gasteiger partial charge in [0.15, 0.2) is 5.75 Å². The smallest absolute Gasteiger partial charge is 0.150 e. The van der Waals surface area contributed by atoms with Crippen molar-refractivity contribution >= 4 is 22.6 Å².